The molecule has 0 aliphatic rings. The summed E-state index contributed by atoms with van der Waals surface area (Å²) in [6, 6.07) is 9.87. The van der Waals surface area contributed by atoms with E-state index < -0.39 is 0 Å². The molecule has 0 aliphatic carbocycles. The maximum atomic E-state index is 12.3. The smallest absolute Gasteiger partial charge is 0.312 e. The quantitative estimate of drug-likeness (QED) is 0.462. The number of esters is 1. The molecule has 0 N–H and O–H groups in total. The summed E-state index contributed by atoms with van der Waals surface area (Å²) < 4.78 is 5.50. The van der Waals surface area contributed by atoms with Crippen molar-refractivity contribution in [3.63, 3.8) is 0 Å². The summed E-state index contributed by atoms with van der Waals surface area (Å²) in [5.41, 5.74) is 0.716. The lowest BCUT2D eigenvalue weighted by Crippen LogP contribution is -2.29. The lowest BCUT2D eigenvalue weighted by Gasteiger charge is -2.26. The number of benzene rings is 1. The minimum Gasteiger partial charge on any atom is -0.460 e. The van der Waals surface area contributed by atoms with Gasteiger partial charge in [0.15, 0.2) is 0 Å². The van der Waals surface area contributed by atoms with Crippen molar-refractivity contribution in [2.24, 2.45) is 5.41 Å². The summed E-state index contributed by atoms with van der Waals surface area (Å²) in [6.07, 6.45) is 6.56. The zero-order chi connectivity index (χ0) is 14.8. The Morgan fingerprint density at radius 1 is 1.10 bits per heavy atom. The first-order valence-corrected chi connectivity index (χ1v) is 7.83. The van der Waals surface area contributed by atoms with Crippen LogP contribution in [0.4, 0.5) is 0 Å². The maximum Gasteiger partial charge on any atom is 0.312 e. The van der Waals surface area contributed by atoms with Gasteiger partial charge in [0.05, 0.1) is 5.41 Å². The van der Waals surface area contributed by atoms with E-state index >= 15 is 0 Å². The summed E-state index contributed by atoms with van der Waals surface area (Å²) in [4.78, 5) is 12.3. The van der Waals surface area contributed by atoms with Gasteiger partial charge in [-0.25, -0.2) is 0 Å². The third kappa shape index (κ3) is 5.36. The number of hydrogen-bond donors (Lipinski definition) is 0. The second kappa shape index (κ2) is 8.78. The topological polar surface area (TPSA) is 26.3 Å². The fourth-order valence-corrected chi connectivity index (χ4v) is 2.26. The highest BCUT2D eigenvalue weighted by Crippen LogP contribution is 2.30. The zero-order valence-electron chi connectivity index (χ0n) is 13.2. The summed E-state index contributed by atoms with van der Waals surface area (Å²) >= 11 is 0. The van der Waals surface area contributed by atoms with E-state index in [1.807, 2.05) is 37.3 Å². The van der Waals surface area contributed by atoms with Crippen LogP contribution in [0, 0.1) is 5.41 Å². The van der Waals surface area contributed by atoms with Crippen molar-refractivity contribution < 1.29 is 9.53 Å². The van der Waals surface area contributed by atoms with Gasteiger partial charge < -0.3 is 4.74 Å². The van der Waals surface area contributed by atoms with Crippen molar-refractivity contribution in [2.75, 3.05) is 0 Å². The van der Waals surface area contributed by atoms with Gasteiger partial charge in [0.25, 0.3) is 0 Å². The first-order chi connectivity index (χ1) is 9.62. The van der Waals surface area contributed by atoms with Crippen LogP contribution in [-0.4, -0.2) is 5.97 Å². The van der Waals surface area contributed by atoms with Crippen LogP contribution in [0.1, 0.15) is 64.9 Å². The molecule has 0 spiro atoms. The van der Waals surface area contributed by atoms with Crippen LogP contribution in [0.25, 0.3) is 0 Å². The first-order valence-electron chi connectivity index (χ1n) is 7.83. The number of carbonyl (C=O) groups is 1. The van der Waals surface area contributed by atoms with Gasteiger partial charge in [0, 0.05) is 0 Å². The van der Waals surface area contributed by atoms with Crippen LogP contribution in [-0.2, 0) is 16.1 Å². The van der Waals surface area contributed by atoms with Crippen molar-refractivity contribution in [1.29, 1.82) is 0 Å². The molecule has 0 heterocycles. The largest absolute Gasteiger partial charge is 0.460 e. The molecule has 2 heteroatoms. The van der Waals surface area contributed by atoms with Crippen molar-refractivity contribution >= 4 is 5.97 Å². The van der Waals surface area contributed by atoms with E-state index in [9.17, 15) is 4.79 Å². The number of ether oxygens (including phenoxy) is 1. The Balaban J connectivity index is 2.44. The second-order valence-corrected chi connectivity index (χ2v) is 5.79. The van der Waals surface area contributed by atoms with E-state index in [0.29, 0.717) is 6.61 Å². The predicted octanol–water partition coefficient (Wildman–Crippen LogP) is 5.12. The van der Waals surface area contributed by atoms with Gasteiger partial charge in [0.2, 0.25) is 0 Å². The molecule has 0 radical (unpaired) electrons. The molecule has 0 saturated carbocycles. The molecule has 0 saturated heterocycles. The SMILES string of the molecule is CCCCCCC(C)(CC)C(=O)OCc1ccccc1. The molecular weight excluding hydrogens is 248 g/mol. The second-order valence-electron chi connectivity index (χ2n) is 5.79. The van der Waals surface area contributed by atoms with E-state index in [4.69, 9.17) is 4.74 Å². The fraction of sp³-hybridized carbons (Fsp3) is 0.611. The minimum atomic E-state index is -0.331. The predicted molar refractivity (Wildman–Crippen MR) is 83.4 cm³/mol. The number of rotatable bonds is 9. The van der Waals surface area contributed by atoms with Gasteiger partial charge >= 0.3 is 5.97 Å². The number of carbonyl (C=O) groups excluding carboxylic acids is 1. The lowest BCUT2D eigenvalue weighted by atomic mass is 9.82. The highest BCUT2D eigenvalue weighted by molar-refractivity contribution is 5.76. The van der Waals surface area contributed by atoms with E-state index in [1.165, 1.54) is 19.3 Å². The summed E-state index contributed by atoms with van der Waals surface area (Å²) in [5, 5.41) is 0. The molecule has 1 atom stereocenters. The normalized spacial score (nSPS) is 13.8. The molecule has 1 aromatic carbocycles. The Morgan fingerprint density at radius 2 is 1.80 bits per heavy atom. The highest BCUT2D eigenvalue weighted by Gasteiger charge is 2.32. The standard InChI is InChI=1S/C18H28O2/c1-4-6-7-11-14-18(3,5-2)17(19)20-15-16-12-9-8-10-13-16/h8-10,12-13H,4-7,11,14-15H2,1-3H3. The third-order valence-electron chi connectivity index (χ3n) is 4.07. The van der Waals surface area contributed by atoms with Crippen molar-refractivity contribution in [3.05, 3.63) is 35.9 Å². The Morgan fingerprint density at radius 3 is 2.40 bits per heavy atom. The number of hydrogen-bond acceptors (Lipinski definition) is 2. The molecule has 0 aliphatic heterocycles. The molecule has 112 valence electrons. The van der Waals surface area contributed by atoms with Gasteiger partial charge in [0.1, 0.15) is 6.61 Å². The van der Waals surface area contributed by atoms with Gasteiger partial charge in [-0.05, 0) is 25.3 Å². The molecule has 0 aromatic heterocycles. The highest BCUT2D eigenvalue weighted by atomic mass is 16.5. The minimum absolute atomic E-state index is 0.0552. The van der Waals surface area contributed by atoms with Gasteiger partial charge in [-0.2, -0.15) is 0 Å². The van der Waals surface area contributed by atoms with Crippen LogP contribution in [0.15, 0.2) is 30.3 Å². The van der Waals surface area contributed by atoms with Crippen LogP contribution in [0.3, 0.4) is 0 Å². The van der Waals surface area contributed by atoms with Crippen LogP contribution >= 0.6 is 0 Å². The number of unbranched alkanes of at least 4 members (excludes halogenated alkanes) is 3. The molecular formula is C18H28O2. The molecule has 0 amide bonds. The fourth-order valence-electron chi connectivity index (χ4n) is 2.26. The molecule has 1 aromatic rings. The van der Waals surface area contributed by atoms with Crippen LogP contribution in [0.2, 0.25) is 0 Å². The first kappa shape index (κ1) is 16.7. The summed E-state index contributed by atoms with van der Waals surface area (Å²) in [5.74, 6) is -0.0552. The average molecular weight is 276 g/mol. The summed E-state index contributed by atoms with van der Waals surface area (Å²) in [7, 11) is 0. The average Bonchev–Trinajstić information content (AvgIpc) is 2.50. The lowest BCUT2D eigenvalue weighted by molar-refractivity contribution is -0.157. The molecule has 1 unspecified atom stereocenters. The molecule has 0 fully saturated rings. The van der Waals surface area contributed by atoms with E-state index in [-0.39, 0.29) is 11.4 Å². The van der Waals surface area contributed by atoms with Crippen LogP contribution in [0.5, 0.6) is 0 Å². The Kier molecular flexibility index (Phi) is 7.35. The van der Waals surface area contributed by atoms with Gasteiger partial charge in [-0.15, -0.1) is 0 Å². The van der Waals surface area contributed by atoms with Crippen molar-refractivity contribution in [3.8, 4) is 0 Å². The van der Waals surface area contributed by atoms with Crippen molar-refractivity contribution in [1.82, 2.24) is 0 Å². The van der Waals surface area contributed by atoms with Crippen molar-refractivity contribution in [2.45, 2.75) is 65.9 Å². The molecule has 2 nitrogen and oxygen atoms in total. The summed E-state index contributed by atoms with van der Waals surface area (Å²) in [6.45, 7) is 6.69. The van der Waals surface area contributed by atoms with Gasteiger partial charge in [-0.1, -0.05) is 69.9 Å². The maximum absolute atomic E-state index is 12.3. The monoisotopic (exact) mass is 276 g/mol. The third-order valence-corrected chi connectivity index (χ3v) is 4.07. The zero-order valence-corrected chi connectivity index (χ0v) is 13.2. The van der Waals surface area contributed by atoms with E-state index in [0.717, 1.165) is 24.8 Å². The molecule has 0 bridgehead atoms. The Bertz CT molecular complexity index is 386. The Hall–Kier alpha value is -1.31. The van der Waals surface area contributed by atoms with Crippen LogP contribution < -0.4 is 0 Å². The van der Waals surface area contributed by atoms with E-state index in [1.54, 1.807) is 0 Å². The molecule has 1 rings (SSSR count). The van der Waals surface area contributed by atoms with E-state index in [2.05, 4.69) is 13.8 Å². The Labute approximate surface area is 123 Å². The van der Waals surface area contributed by atoms with Gasteiger partial charge in [-0.3, -0.25) is 4.79 Å². The molecule has 20 heavy (non-hydrogen) atoms.